The van der Waals surface area contributed by atoms with Crippen LogP contribution in [0.2, 0.25) is 0 Å². The van der Waals surface area contributed by atoms with Crippen molar-refractivity contribution in [2.24, 2.45) is 12.0 Å². The first-order chi connectivity index (χ1) is 13.5. The van der Waals surface area contributed by atoms with Crippen LogP contribution in [-0.2, 0) is 23.1 Å². The van der Waals surface area contributed by atoms with Gasteiger partial charge >= 0.3 is 0 Å². The number of nitrogens with zero attached hydrogens (tertiary/aromatic N) is 4. The molecule has 0 aromatic carbocycles. The smallest absolute Gasteiger partial charge is 0.191 e. The van der Waals surface area contributed by atoms with E-state index in [-0.39, 0.29) is 0 Å². The van der Waals surface area contributed by atoms with E-state index >= 15 is 0 Å². The third-order valence-corrected chi connectivity index (χ3v) is 5.00. The molecule has 0 aliphatic heterocycles. The molecule has 0 saturated heterocycles. The lowest BCUT2D eigenvalue weighted by atomic mass is 9.93. The van der Waals surface area contributed by atoms with Crippen LogP contribution >= 0.6 is 0 Å². The van der Waals surface area contributed by atoms with E-state index < -0.39 is 0 Å². The lowest BCUT2D eigenvalue weighted by Gasteiger charge is -2.31. The highest BCUT2D eigenvalue weighted by molar-refractivity contribution is 5.80. The minimum atomic E-state index is 0.300. The van der Waals surface area contributed by atoms with Crippen molar-refractivity contribution in [1.29, 1.82) is 0 Å². The molecule has 0 spiro atoms. The number of aryl methyl sites for hydroxylation is 1. The molecule has 8 heteroatoms. The topological polar surface area (TPSA) is 85.6 Å². The Bertz CT molecular complexity index is 594. The maximum absolute atomic E-state index is 5.96. The monoisotopic (exact) mass is 394 g/mol. The van der Waals surface area contributed by atoms with Gasteiger partial charge in [-0.1, -0.05) is 0 Å². The number of hydrogen-bond acceptors (Lipinski definition) is 5. The van der Waals surface area contributed by atoms with Crippen molar-refractivity contribution in [3.63, 3.8) is 0 Å². The molecule has 0 radical (unpaired) electrons. The Labute approximate surface area is 169 Å². The van der Waals surface area contributed by atoms with E-state index in [2.05, 4.69) is 34.7 Å². The van der Waals surface area contributed by atoms with Crippen LogP contribution in [0.15, 0.2) is 4.99 Å². The highest BCUT2D eigenvalue weighted by atomic mass is 16.5. The van der Waals surface area contributed by atoms with Crippen molar-refractivity contribution in [2.45, 2.75) is 84.6 Å². The van der Waals surface area contributed by atoms with Gasteiger partial charge in [-0.3, -0.25) is 0 Å². The summed E-state index contributed by atoms with van der Waals surface area (Å²) in [4.78, 5) is 4.75. The molecule has 28 heavy (non-hydrogen) atoms. The first-order valence-corrected chi connectivity index (χ1v) is 10.6. The fourth-order valence-electron chi connectivity index (χ4n) is 3.34. The number of aromatic nitrogens is 3. The second-order valence-electron chi connectivity index (χ2n) is 7.67. The molecular weight excluding hydrogens is 356 g/mol. The third-order valence-electron chi connectivity index (χ3n) is 5.00. The Morgan fingerprint density at radius 1 is 1.25 bits per heavy atom. The second kappa shape index (κ2) is 12.0. The van der Waals surface area contributed by atoms with Crippen molar-refractivity contribution in [3.8, 4) is 0 Å². The van der Waals surface area contributed by atoms with Crippen molar-refractivity contribution >= 4 is 5.96 Å². The molecule has 0 amide bonds. The van der Waals surface area contributed by atoms with Gasteiger partial charge in [0, 0.05) is 32.8 Å². The molecule has 1 saturated carbocycles. The summed E-state index contributed by atoms with van der Waals surface area (Å²) in [6, 6.07) is 0.423. The number of aliphatic imine (C=N–C) groups is 1. The Morgan fingerprint density at radius 2 is 2.00 bits per heavy atom. The number of hydrogen-bond donors (Lipinski definition) is 2. The zero-order valence-electron chi connectivity index (χ0n) is 18.2. The summed E-state index contributed by atoms with van der Waals surface area (Å²) in [7, 11) is 1.97. The highest BCUT2D eigenvalue weighted by Crippen LogP contribution is 2.22. The molecule has 0 unspecified atom stereocenters. The van der Waals surface area contributed by atoms with Gasteiger partial charge < -0.3 is 24.7 Å². The summed E-state index contributed by atoms with van der Waals surface area (Å²) >= 11 is 0. The molecule has 0 bridgehead atoms. The first kappa shape index (κ1) is 22.6. The van der Waals surface area contributed by atoms with Gasteiger partial charge in [-0.15, -0.1) is 10.2 Å². The largest absolute Gasteiger partial charge is 0.382 e. The van der Waals surface area contributed by atoms with E-state index in [9.17, 15) is 0 Å². The Hall–Kier alpha value is -1.67. The standard InChI is InChI=1S/C20H38N6O2/c1-6-27-13-7-12-21-20(22-14-19-25-24-16(4)26(19)5)23-17-8-10-18(11-9-17)28-15(2)3/h15,17-18H,6-14H2,1-5H3,(H2,21,22,23). The summed E-state index contributed by atoms with van der Waals surface area (Å²) in [5.41, 5.74) is 0. The lowest BCUT2D eigenvalue weighted by Crippen LogP contribution is -2.46. The van der Waals surface area contributed by atoms with Crippen LogP contribution in [0.1, 0.15) is 64.5 Å². The molecule has 1 fully saturated rings. The quantitative estimate of drug-likeness (QED) is 0.360. The van der Waals surface area contributed by atoms with Crippen LogP contribution in [0.5, 0.6) is 0 Å². The van der Waals surface area contributed by atoms with Crippen LogP contribution in [0.25, 0.3) is 0 Å². The summed E-state index contributed by atoms with van der Waals surface area (Å²) in [6.07, 6.45) is 6.02. The van der Waals surface area contributed by atoms with Gasteiger partial charge in [0.15, 0.2) is 11.8 Å². The molecule has 160 valence electrons. The maximum Gasteiger partial charge on any atom is 0.191 e. The fraction of sp³-hybridized carbons (Fsp3) is 0.850. The molecule has 1 aliphatic carbocycles. The predicted molar refractivity (Wildman–Crippen MR) is 111 cm³/mol. The molecule has 1 aromatic rings. The van der Waals surface area contributed by atoms with Crippen LogP contribution in [0, 0.1) is 6.92 Å². The molecule has 0 atom stereocenters. The number of ether oxygens (including phenoxy) is 2. The number of guanidine groups is 1. The molecule has 2 rings (SSSR count). The van der Waals surface area contributed by atoms with Crippen molar-refractivity contribution in [3.05, 3.63) is 11.6 Å². The fourth-order valence-corrected chi connectivity index (χ4v) is 3.34. The maximum atomic E-state index is 5.96. The minimum absolute atomic E-state index is 0.300. The lowest BCUT2D eigenvalue weighted by molar-refractivity contribution is -0.0152. The number of rotatable bonds is 10. The van der Waals surface area contributed by atoms with Gasteiger partial charge in [0.25, 0.3) is 0 Å². The number of nitrogens with one attached hydrogen (secondary N) is 2. The van der Waals surface area contributed by atoms with Crippen LogP contribution in [0.3, 0.4) is 0 Å². The van der Waals surface area contributed by atoms with Gasteiger partial charge in [-0.05, 0) is 59.8 Å². The Morgan fingerprint density at radius 3 is 2.61 bits per heavy atom. The second-order valence-corrected chi connectivity index (χ2v) is 7.67. The SMILES string of the molecule is CCOCCCNC(=NCc1nnc(C)n1C)NC1CCC(OC(C)C)CC1. The normalized spacial score (nSPS) is 20.6. The van der Waals surface area contributed by atoms with E-state index in [4.69, 9.17) is 14.5 Å². The van der Waals surface area contributed by atoms with Crippen molar-refractivity contribution < 1.29 is 9.47 Å². The van der Waals surface area contributed by atoms with E-state index in [1.807, 2.05) is 25.5 Å². The molecule has 1 aliphatic rings. The zero-order chi connectivity index (χ0) is 20.4. The first-order valence-electron chi connectivity index (χ1n) is 10.6. The summed E-state index contributed by atoms with van der Waals surface area (Å²) in [5, 5.41) is 15.4. The van der Waals surface area contributed by atoms with Crippen LogP contribution < -0.4 is 10.6 Å². The average Bonchev–Trinajstić information content (AvgIpc) is 2.98. The predicted octanol–water partition coefficient (Wildman–Crippen LogP) is 2.32. The molecule has 1 heterocycles. The minimum Gasteiger partial charge on any atom is -0.382 e. The zero-order valence-corrected chi connectivity index (χ0v) is 18.2. The summed E-state index contributed by atoms with van der Waals surface area (Å²) < 4.78 is 13.4. The molecule has 8 nitrogen and oxygen atoms in total. The average molecular weight is 395 g/mol. The molecule has 1 aromatic heterocycles. The van der Waals surface area contributed by atoms with E-state index in [1.54, 1.807) is 0 Å². The molecular formula is C20H38N6O2. The van der Waals surface area contributed by atoms with Crippen LogP contribution in [-0.4, -0.2) is 58.7 Å². The van der Waals surface area contributed by atoms with Gasteiger partial charge in [-0.2, -0.15) is 0 Å². The Balaban J connectivity index is 1.88. The van der Waals surface area contributed by atoms with Gasteiger partial charge in [-0.25, -0.2) is 4.99 Å². The van der Waals surface area contributed by atoms with Crippen LogP contribution in [0.4, 0.5) is 0 Å². The van der Waals surface area contributed by atoms with Gasteiger partial charge in [0.05, 0.1) is 12.2 Å². The van der Waals surface area contributed by atoms with Crippen molar-refractivity contribution in [2.75, 3.05) is 19.8 Å². The third kappa shape index (κ3) is 7.75. The summed E-state index contributed by atoms with van der Waals surface area (Å²) in [5.74, 6) is 2.60. The van der Waals surface area contributed by atoms with Gasteiger partial charge in [0.2, 0.25) is 0 Å². The van der Waals surface area contributed by atoms with E-state index in [0.717, 1.165) is 69.5 Å². The highest BCUT2D eigenvalue weighted by Gasteiger charge is 2.23. The van der Waals surface area contributed by atoms with Crippen molar-refractivity contribution in [1.82, 2.24) is 25.4 Å². The Kier molecular flexibility index (Phi) is 9.70. The molecule has 2 N–H and O–H groups in total. The summed E-state index contributed by atoms with van der Waals surface area (Å²) in [6.45, 7) is 11.0. The van der Waals surface area contributed by atoms with E-state index in [1.165, 1.54) is 0 Å². The van der Waals surface area contributed by atoms with Gasteiger partial charge in [0.1, 0.15) is 12.4 Å². The van der Waals surface area contributed by atoms with E-state index in [0.29, 0.717) is 24.8 Å².